The monoisotopic (exact) mass is 416 g/mol. The third kappa shape index (κ3) is 4.38. The second kappa shape index (κ2) is 8.52. The first-order valence-corrected chi connectivity index (χ1v) is 10.2. The fourth-order valence-electron chi connectivity index (χ4n) is 3.96. The van der Waals surface area contributed by atoms with E-state index < -0.39 is 5.97 Å². The highest BCUT2D eigenvalue weighted by Gasteiger charge is 2.23. The van der Waals surface area contributed by atoms with Crippen LogP contribution in [0.2, 0.25) is 0 Å². The standard InChI is InChI=1S/C25H24N2O4/c1-17-15-20(7-10-23(17)19-3-2-4-22(28)16-19)24(29)27-13-11-26(12-14-27)21-8-5-18(6-9-21)25(30)31/h2-10,15-16,28H,11-14H2,1H3,(H,30,31). The Bertz CT molecular complexity index is 1120. The van der Waals surface area contributed by atoms with Crippen LogP contribution in [0.1, 0.15) is 26.3 Å². The third-order valence-electron chi connectivity index (χ3n) is 5.68. The number of carbonyl (C=O) groups is 2. The molecule has 1 saturated heterocycles. The minimum Gasteiger partial charge on any atom is -0.508 e. The van der Waals surface area contributed by atoms with E-state index in [0.717, 1.165) is 22.4 Å². The summed E-state index contributed by atoms with van der Waals surface area (Å²) in [6.07, 6.45) is 0. The zero-order valence-electron chi connectivity index (χ0n) is 17.3. The van der Waals surface area contributed by atoms with Crippen LogP contribution < -0.4 is 4.90 Å². The molecule has 31 heavy (non-hydrogen) atoms. The molecule has 0 atom stereocenters. The molecule has 4 rings (SSSR count). The van der Waals surface area contributed by atoms with Gasteiger partial charge in [-0.2, -0.15) is 0 Å². The second-order valence-electron chi connectivity index (χ2n) is 7.71. The number of hydrogen-bond acceptors (Lipinski definition) is 4. The van der Waals surface area contributed by atoms with Gasteiger partial charge in [-0.3, -0.25) is 4.79 Å². The van der Waals surface area contributed by atoms with Gasteiger partial charge in [-0.25, -0.2) is 4.79 Å². The summed E-state index contributed by atoms with van der Waals surface area (Å²) in [5.41, 5.74) is 4.76. The summed E-state index contributed by atoms with van der Waals surface area (Å²) >= 11 is 0. The maximum Gasteiger partial charge on any atom is 0.335 e. The summed E-state index contributed by atoms with van der Waals surface area (Å²) in [5.74, 6) is -0.716. The number of phenolic OH excluding ortho intramolecular Hbond substituents is 1. The quantitative estimate of drug-likeness (QED) is 0.671. The van der Waals surface area contributed by atoms with Gasteiger partial charge >= 0.3 is 5.97 Å². The van der Waals surface area contributed by atoms with Gasteiger partial charge in [-0.15, -0.1) is 0 Å². The number of phenols is 1. The van der Waals surface area contributed by atoms with Crippen LogP contribution >= 0.6 is 0 Å². The summed E-state index contributed by atoms with van der Waals surface area (Å²) in [4.78, 5) is 28.0. The van der Waals surface area contributed by atoms with Crippen molar-refractivity contribution in [3.63, 3.8) is 0 Å². The predicted molar refractivity (Wildman–Crippen MR) is 120 cm³/mol. The SMILES string of the molecule is Cc1cc(C(=O)N2CCN(c3ccc(C(=O)O)cc3)CC2)ccc1-c1cccc(O)c1. The van der Waals surface area contributed by atoms with Gasteiger partial charge in [-0.05, 0) is 72.1 Å². The van der Waals surface area contributed by atoms with Crippen molar-refractivity contribution in [2.75, 3.05) is 31.1 Å². The number of nitrogens with zero attached hydrogens (tertiary/aromatic N) is 2. The van der Waals surface area contributed by atoms with Crippen LogP contribution in [0.4, 0.5) is 5.69 Å². The average molecular weight is 416 g/mol. The van der Waals surface area contributed by atoms with Crippen molar-refractivity contribution < 1.29 is 19.8 Å². The molecule has 0 aliphatic carbocycles. The highest BCUT2D eigenvalue weighted by Crippen LogP contribution is 2.27. The van der Waals surface area contributed by atoms with E-state index >= 15 is 0 Å². The lowest BCUT2D eigenvalue weighted by molar-refractivity contribution is 0.0695. The number of piperazine rings is 1. The van der Waals surface area contributed by atoms with E-state index in [4.69, 9.17) is 5.11 Å². The minimum absolute atomic E-state index is 0.00596. The summed E-state index contributed by atoms with van der Waals surface area (Å²) in [5, 5.41) is 18.8. The molecule has 1 aliphatic rings. The third-order valence-corrected chi connectivity index (χ3v) is 5.68. The van der Waals surface area contributed by atoms with Crippen molar-refractivity contribution in [3.05, 3.63) is 83.4 Å². The van der Waals surface area contributed by atoms with Gasteiger partial charge in [-0.1, -0.05) is 18.2 Å². The Morgan fingerprint density at radius 3 is 2.13 bits per heavy atom. The fraction of sp³-hybridized carbons (Fsp3) is 0.200. The summed E-state index contributed by atoms with van der Waals surface area (Å²) < 4.78 is 0. The zero-order valence-corrected chi connectivity index (χ0v) is 17.3. The Balaban J connectivity index is 1.42. The van der Waals surface area contributed by atoms with Crippen LogP contribution in [0.25, 0.3) is 11.1 Å². The summed E-state index contributed by atoms with van der Waals surface area (Å²) in [6, 6.07) is 19.6. The molecule has 6 heteroatoms. The first-order chi connectivity index (χ1) is 14.9. The zero-order chi connectivity index (χ0) is 22.0. The Hall–Kier alpha value is -3.80. The molecule has 1 fully saturated rings. The number of carboxylic acids is 1. The average Bonchev–Trinajstić information content (AvgIpc) is 2.78. The molecule has 0 unspecified atom stereocenters. The molecule has 3 aromatic rings. The fourth-order valence-corrected chi connectivity index (χ4v) is 3.96. The minimum atomic E-state index is -0.938. The van der Waals surface area contributed by atoms with Crippen molar-refractivity contribution >= 4 is 17.6 Å². The van der Waals surface area contributed by atoms with Gasteiger partial charge in [0.15, 0.2) is 0 Å². The number of benzene rings is 3. The van der Waals surface area contributed by atoms with E-state index in [1.54, 1.807) is 30.3 Å². The molecule has 1 aliphatic heterocycles. The molecule has 0 saturated carbocycles. The van der Waals surface area contributed by atoms with Crippen LogP contribution in [0.3, 0.4) is 0 Å². The number of hydrogen-bond donors (Lipinski definition) is 2. The smallest absolute Gasteiger partial charge is 0.335 e. The number of aromatic carboxylic acids is 1. The number of amides is 1. The number of carbonyl (C=O) groups excluding carboxylic acids is 1. The first-order valence-electron chi connectivity index (χ1n) is 10.2. The Morgan fingerprint density at radius 1 is 0.839 bits per heavy atom. The highest BCUT2D eigenvalue weighted by atomic mass is 16.4. The molecule has 1 heterocycles. The van der Waals surface area contributed by atoms with E-state index in [-0.39, 0.29) is 17.2 Å². The number of rotatable bonds is 4. The molecule has 3 aromatic carbocycles. The lowest BCUT2D eigenvalue weighted by atomic mass is 9.98. The van der Waals surface area contributed by atoms with Gasteiger partial charge in [0.2, 0.25) is 0 Å². The topological polar surface area (TPSA) is 81.1 Å². The molecular formula is C25H24N2O4. The lowest BCUT2D eigenvalue weighted by Crippen LogP contribution is -2.48. The Labute approximate surface area is 181 Å². The molecular weight excluding hydrogens is 392 g/mol. The highest BCUT2D eigenvalue weighted by molar-refractivity contribution is 5.95. The molecule has 158 valence electrons. The maximum atomic E-state index is 13.0. The van der Waals surface area contributed by atoms with Crippen molar-refractivity contribution in [1.82, 2.24) is 4.90 Å². The molecule has 2 N–H and O–H groups in total. The van der Waals surface area contributed by atoms with Crippen molar-refractivity contribution in [3.8, 4) is 16.9 Å². The van der Waals surface area contributed by atoms with E-state index in [1.165, 1.54) is 0 Å². The van der Waals surface area contributed by atoms with E-state index in [1.807, 2.05) is 48.2 Å². The van der Waals surface area contributed by atoms with E-state index in [9.17, 15) is 14.7 Å². The molecule has 6 nitrogen and oxygen atoms in total. The molecule has 0 aromatic heterocycles. The van der Waals surface area contributed by atoms with E-state index in [2.05, 4.69) is 4.90 Å². The van der Waals surface area contributed by atoms with Crippen LogP contribution in [-0.4, -0.2) is 53.2 Å². The van der Waals surface area contributed by atoms with Crippen LogP contribution in [0.5, 0.6) is 5.75 Å². The molecule has 0 spiro atoms. The Morgan fingerprint density at radius 2 is 1.52 bits per heavy atom. The van der Waals surface area contributed by atoms with Crippen LogP contribution in [0.15, 0.2) is 66.7 Å². The normalized spacial score (nSPS) is 13.8. The van der Waals surface area contributed by atoms with Crippen molar-refractivity contribution in [1.29, 1.82) is 0 Å². The first kappa shape index (κ1) is 20.5. The van der Waals surface area contributed by atoms with Gasteiger partial charge in [0.25, 0.3) is 5.91 Å². The lowest BCUT2D eigenvalue weighted by Gasteiger charge is -2.36. The van der Waals surface area contributed by atoms with Crippen LogP contribution in [0, 0.1) is 6.92 Å². The Kier molecular flexibility index (Phi) is 5.62. The van der Waals surface area contributed by atoms with E-state index in [0.29, 0.717) is 31.7 Å². The van der Waals surface area contributed by atoms with Gasteiger partial charge in [0.1, 0.15) is 5.75 Å². The van der Waals surface area contributed by atoms with Crippen molar-refractivity contribution in [2.45, 2.75) is 6.92 Å². The number of aromatic hydroxyl groups is 1. The molecule has 0 bridgehead atoms. The van der Waals surface area contributed by atoms with Gasteiger partial charge in [0, 0.05) is 37.4 Å². The molecule has 0 radical (unpaired) electrons. The second-order valence-corrected chi connectivity index (χ2v) is 7.71. The number of aryl methyl sites for hydroxylation is 1. The summed E-state index contributed by atoms with van der Waals surface area (Å²) in [7, 11) is 0. The van der Waals surface area contributed by atoms with Crippen molar-refractivity contribution in [2.24, 2.45) is 0 Å². The van der Waals surface area contributed by atoms with Gasteiger partial charge < -0.3 is 20.0 Å². The van der Waals surface area contributed by atoms with Crippen LogP contribution in [-0.2, 0) is 0 Å². The predicted octanol–water partition coefficient (Wildman–Crippen LogP) is 4.03. The number of anilines is 1. The number of carboxylic acid groups (broad SMARTS) is 1. The van der Waals surface area contributed by atoms with Gasteiger partial charge in [0.05, 0.1) is 5.56 Å². The maximum absolute atomic E-state index is 13.0. The largest absolute Gasteiger partial charge is 0.508 e. The molecule has 1 amide bonds. The summed E-state index contributed by atoms with van der Waals surface area (Å²) in [6.45, 7) is 4.56.